The monoisotopic (exact) mass is 514 g/mol. The summed E-state index contributed by atoms with van der Waals surface area (Å²) in [6.45, 7) is 22.4. The van der Waals surface area contributed by atoms with Crippen molar-refractivity contribution in [3.05, 3.63) is 35.5 Å². The summed E-state index contributed by atoms with van der Waals surface area (Å²) in [5, 5.41) is 0. The van der Waals surface area contributed by atoms with Crippen LogP contribution >= 0.6 is 0 Å². The Labute approximate surface area is 223 Å². The van der Waals surface area contributed by atoms with E-state index in [0.29, 0.717) is 11.3 Å². The minimum absolute atomic E-state index is 0.00184. The minimum atomic E-state index is -1.51. The van der Waals surface area contributed by atoms with Gasteiger partial charge in [0.1, 0.15) is 6.10 Å². The smallest absolute Gasteiger partial charge is 0.302 e. The van der Waals surface area contributed by atoms with E-state index in [1.54, 1.807) is 5.57 Å². The van der Waals surface area contributed by atoms with Crippen LogP contribution in [0.3, 0.4) is 0 Å². The third-order valence-corrected chi connectivity index (χ3v) is 10.4. The molecular weight excluding hydrogens is 460 g/mol. The van der Waals surface area contributed by atoms with Crippen LogP contribution in [0.1, 0.15) is 105 Å². The fourth-order valence-electron chi connectivity index (χ4n) is 7.86. The summed E-state index contributed by atoms with van der Waals surface area (Å²) in [5.74, 6) is 2.12. The van der Waals surface area contributed by atoms with Crippen LogP contribution in [0.4, 0.5) is 0 Å². The second-order valence-electron chi connectivity index (χ2n) is 14.0. The van der Waals surface area contributed by atoms with Gasteiger partial charge in [0.15, 0.2) is 8.32 Å². The van der Waals surface area contributed by atoms with Crippen molar-refractivity contribution < 1.29 is 14.0 Å². The number of allylic oxidation sites excluding steroid dienone is 4. The molecule has 0 aromatic rings. The van der Waals surface area contributed by atoms with Crippen molar-refractivity contribution in [2.24, 2.45) is 23.2 Å². The van der Waals surface area contributed by atoms with Crippen LogP contribution in [-0.2, 0) is 14.0 Å². The highest BCUT2D eigenvalue weighted by Gasteiger charge is 2.50. The van der Waals surface area contributed by atoms with Crippen molar-refractivity contribution in [3.63, 3.8) is 0 Å². The number of carbonyl (C=O) groups is 1. The summed E-state index contributed by atoms with van der Waals surface area (Å²) < 4.78 is 12.0. The second-order valence-corrected chi connectivity index (χ2v) is 18.4. The largest absolute Gasteiger partial charge is 0.462 e. The van der Waals surface area contributed by atoms with Crippen molar-refractivity contribution in [3.8, 4) is 0 Å². The summed E-state index contributed by atoms with van der Waals surface area (Å²) in [4.78, 5) is 11.4. The Balaban J connectivity index is 1.63. The predicted molar refractivity (Wildman–Crippen MR) is 154 cm³/mol. The average molecular weight is 515 g/mol. The van der Waals surface area contributed by atoms with Crippen molar-refractivity contribution in [2.45, 2.75) is 137 Å². The molecule has 0 spiro atoms. The van der Waals surface area contributed by atoms with E-state index in [9.17, 15) is 4.79 Å². The van der Waals surface area contributed by atoms with E-state index >= 15 is 0 Å². The Kier molecular flexibility index (Phi) is 9.58. The quantitative estimate of drug-likeness (QED) is 0.227. The number of esters is 1. The van der Waals surface area contributed by atoms with Gasteiger partial charge in [-0.25, -0.2) is 0 Å². The zero-order valence-electron chi connectivity index (χ0n) is 24.7. The zero-order chi connectivity index (χ0) is 26.7. The molecule has 3 nitrogen and oxygen atoms in total. The lowest BCUT2D eigenvalue weighted by atomic mass is 9.60. The third-order valence-electron chi connectivity index (χ3n) is 9.25. The average Bonchev–Trinajstić information content (AvgIpc) is 3.09. The topological polar surface area (TPSA) is 35.5 Å². The maximum atomic E-state index is 11.4. The summed E-state index contributed by atoms with van der Waals surface area (Å²) in [7, 11) is -1.51. The maximum absolute atomic E-state index is 11.4. The van der Waals surface area contributed by atoms with Crippen LogP contribution < -0.4 is 0 Å². The predicted octanol–water partition coefficient (Wildman–Crippen LogP) is 9.16. The van der Waals surface area contributed by atoms with Gasteiger partial charge in [0, 0.05) is 13.3 Å². The highest BCUT2D eigenvalue weighted by Crippen LogP contribution is 2.60. The summed E-state index contributed by atoms with van der Waals surface area (Å²) in [5.41, 5.74) is 4.57. The van der Waals surface area contributed by atoms with Gasteiger partial charge >= 0.3 is 5.97 Å². The summed E-state index contributed by atoms with van der Waals surface area (Å²) in [6, 6.07) is 0. The molecule has 3 aliphatic rings. The number of rotatable bonds is 9. The molecule has 5 atom stereocenters. The lowest BCUT2D eigenvalue weighted by molar-refractivity contribution is -0.146. The number of fused-ring (bicyclic) bond motifs is 1. The first kappa shape index (κ1) is 29.4. The third kappa shape index (κ3) is 7.69. The Morgan fingerprint density at radius 2 is 1.92 bits per heavy atom. The molecule has 0 saturated heterocycles. The van der Waals surface area contributed by atoms with Gasteiger partial charge in [-0.05, 0) is 114 Å². The molecule has 3 aliphatic carbocycles. The first-order chi connectivity index (χ1) is 16.7. The van der Waals surface area contributed by atoms with Crippen LogP contribution in [0, 0.1) is 23.2 Å². The molecule has 204 valence electrons. The van der Waals surface area contributed by atoms with E-state index < -0.39 is 8.32 Å². The van der Waals surface area contributed by atoms with E-state index in [1.807, 2.05) is 0 Å². The highest BCUT2D eigenvalue weighted by atomic mass is 28.4. The molecule has 0 aromatic carbocycles. The summed E-state index contributed by atoms with van der Waals surface area (Å²) >= 11 is 0. The van der Waals surface area contributed by atoms with Crippen molar-refractivity contribution >= 4 is 14.3 Å². The van der Waals surface area contributed by atoms with E-state index in [1.165, 1.54) is 63.0 Å². The minimum Gasteiger partial charge on any atom is -0.462 e. The normalized spacial score (nSPS) is 32.6. The molecule has 3 saturated carbocycles. The molecule has 0 unspecified atom stereocenters. The first-order valence-corrected chi connectivity index (χ1v) is 18.1. The van der Waals surface area contributed by atoms with Crippen LogP contribution in [0.5, 0.6) is 0 Å². The van der Waals surface area contributed by atoms with Gasteiger partial charge in [0.25, 0.3) is 0 Å². The number of hydrogen-bond acceptors (Lipinski definition) is 3. The molecule has 3 fully saturated rings. The molecule has 0 bridgehead atoms. The Bertz CT molecular complexity index is 861. The first-order valence-electron chi connectivity index (χ1n) is 14.7. The fourth-order valence-corrected chi connectivity index (χ4v) is 9.62. The SMILES string of the molecule is C=C1CC[C@H](OC(C)=O)CC1=C/C=C1\CCC[C@]2(C)[C@@H]([C@H](C)CCCC(C)(C)O[Si](C)(C)C)CC[C@@H]12. The van der Waals surface area contributed by atoms with Crippen molar-refractivity contribution in [2.75, 3.05) is 0 Å². The summed E-state index contributed by atoms with van der Waals surface area (Å²) in [6.07, 6.45) is 17.7. The molecule has 0 heterocycles. The van der Waals surface area contributed by atoms with Gasteiger partial charge in [0.2, 0.25) is 0 Å². The van der Waals surface area contributed by atoms with E-state index in [4.69, 9.17) is 9.16 Å². The van der Waals surface area contributed by atoms with Gasteiger partial charge < -0.3 is 9.16 Å². The van der Waals surface area contributed by atoms with Crippen LogP contribution in [0.25, 0.3) is 0 Å². The lowest BCUT2D eigenvalue weighted by Gasteiger charge is -2.44. The van der Waals surface area contributed by atoms with Gasteiger partial charge in [-0.1, -0.05) is 56.6 Å². The van der Waals surface area contributed by atoms with E-state index in [-0.39, 0.29) is 17.7 Å². The molecular formula is C32H54O3Si. The molecule has 0 N–H and O–H groups in total. The highest BCUT2D eigenvalue weighted by molar-refractivity contribution is 6.69. The van der Waals surface area contributed by atoms with Gasteiger partial charge in [-0.2, -0.15) is 0 Å². The Hall–Kier alpha value is -1.13. The van der Waals surface area contributed by atoms with Gasteiger partial charge in [0.05, 0.1) is 5.60 Å². The van der Waals surface area contributed by atoms with Crippen molar-refractivity contribution in [1.82, 2.24) is 0 Å². The van der Waals surface area contributed by atoms with Crippen molar-refractivity contribution in [1.29, 1.82) is 0 Å². The van der Waals surface area contributed by atoms with Gasteiger partial charge in [-0.3, -0.25) is 4.79 Å². The van der Waals surface area contributed by atoms with Crippen LogP contribution in [0.2, 0.25) is 19.6 Å². The zero-order valence-corrected chi connectivity index (χ0v) is 25.7. The molecule has 3 rings (SSSR count). The van der Waals surface area contributed by atoms with Crippen LogP contribution in [-0.4, -0.2) is 26.0 Å². The molecule has 0 amide bonds. The molecule has 0 radical (unpaired) electrons. The van der Waals surface area contributed by atoms with E-state index in [0.717, 1.165) is 37.5 Å². The number of carbonyl (C=O) groups excluding carboxylic acids is 1. The number of ether oxygens (including phenoxy) is 1. The second kappa shape index (κ2) is 11.7. The molecule has 36 heavy (non-hydrogen) atoms. The van der Waals surface area contributed by atoms with Crippen LogP contribution in [0.15, 0.2) is 35.5 Å². The standard InChI is InChI=1S/C32H54O3Si/c1-23-14-17-28(34-25(3)33)22-27(23)16-15-26-13-11-21-32(6)29(18-19-30(26)32)24(2)12-10-20-31(4,5)35-36(7,8)9/h15-16,24,28-30H,1,10-14,17-22H2,2-9H3/b26-15+,27-16?/t24-,28+,29-,30+,32-/m1/s1. The number of hydrogen-bond donors (Lipinski definition) is 0. The molecule has 0 aliphatic heterocycles. The fraction of sp³-hybridized carbons (Fsp3) is 0.781. The van der Waals surface area contributed by atoms with Gasteiger partial charge in [-0.15, -0.1) is 0 Å². The van der Waals surface area contributed by atoms with E-state index in [2.05, 4.69) is 66.1 Å². The Morgan fingerprint density at radius 1 is 1.19 bits per heavy atom. The maximum Gasteiger partial charge on any atom is 0.302 e. The Morgan fingerprint density at radius 3 is 2.58 bits per heavy atom. The lowest BCUT2D eigenvalue weighted by Crippen LogP contribution is -2.38. The molecule has 4 heteroatoms. The molecule has 0 aromatic heterocycles.